The highest BCUT2D eigenvalue weighted by atomic mass is 19.4. The summed E-state index contributed by atoms with van der Waals surface area (Å²) in [6.45, 7) is 1.65. The largest absolute Gasteiger partial charge is 0.408 e. The number of piperidine rings is 1. The zero-order chi connectivity index (χ0) is 22.3. The number of hydrogen-bond donors (Lipinski definition) is 2. The molecular weight excluding hydrogens is 419 g/mol. The minimum Gasteiger partial charge on any atom is -0.399 e. The molecule has 5 rings (SSSR count). The van der Waals surface area contributed by atoms with E-state index in [1.807, 2.05) is 12.1 Å². The van der Waals surface area contributed by atoms with Gasteiger partial charge < -0.3 is 16.0 Å². The van der Waals surface area contributed by atoms with Gasteiger partial charge in [0.05, 0.1) is 11.9 Å². The van der Waals surface area contributed by atoms with Crippen LogP contribution in [0.15, 0.2) is 42.9 Å². The fraction of sp³-hybridized carbons (Fsp3) is 0.409. The van der Waals surface area contributed by atoms with Crippen LogP contribution in [-0.4, -0.2) is 51.6 Å². The van der Waals surface area contributed by atoms with Crippen LogP contribution in [0.25, 0.3) is 22.4 Å². The molecule has 0 spiro atoms. The topological polar surface area (TPSA) is 84.9 Å². The normalized spacial score (nSPS) is 21.0. The SMILES string of the molecule is Nc1ccc(-c2nc(N3CCC4NCCC4C3)ncc2-c2cnn(CC(F)(F)F)c2)cc1. The molecule has 2 saturated heterocycles. The molecule has 168 valence electrons. The molecule has 10 heteroatoms. The molecule has 0 bridgehead atoms. The number of aromatic nitrogens is 4. The lowest BCUT2D eigenvalue weighted by atomic mass is 9.93. The van der Waals surface area contributed by atoms with Crippen LogP contribution in [0.4, 0.5) is 24.8 Å². The summed E-state index contributed by atoms with van der Waals surface area (Å²) >= 11 is 0. The number of rotatable bonds is 4. The number of hydrogen-bond acceptors (Lipinski definition) is 6. The number of nitrogens with two attached hydrogens (primary N) is 1. The van der Waals surface area contributed by atoms with E-state index in [0.717, 1.165) is 42.7 Å². The fourth-order valence-corrected chi connectivity index (χ4v) is 4.60. The summed E-state index contributed by atoms with van der Waals surface area (Å²) in [6, 6.07) is 7.84. The van der Waals surface area contributed by atoms with Gasteiger partial charge in [0.25, 0.3) is 0 Å². The van der Waals surface area contributed by atoms with Crippen molar-refractivity contribution in [2.75, 3.05) is 30.3 Å². The Labute approximate surface area is 183 Å². The second kappa shape index (κ2) is 8.09. The Morgan fingerprint density at radius 1 is 1.09 bits per heavy atom. The van der Waals surface area contributed by atoms with Crippen molar-refractivity contribution in [3.8, 4) is 22.4 Å². The van der Waals surface area contributed by atoms with Crippen LogP contribution in [0.3, 0.4) is 0 Å². The summed E-state index contributed by atoms with van der Waals surface area (Å²) in [7, 11) is 0. The number of alkyl halides is 3. The van der Waals surface area contributed by atoms with Crippen molar-refractivity contribution in [1.29, 1.82) is 0 Å². The van der Waals surface area contributed by atoms with Crippen LogP contribution in [0.2, 0.25) is 0 Å². The lowest BCUT2D eigenvalue weighted by Gasteiger charge is -2.35. The first-order chi connectivity index (χ1) is 15.4. The first-order valence-electron chi connectivity index (χ1n) is 10.7. The molecule has 2 atom stereocenters. The Morgan fingerprint density at radius 3 is 2.69 bits per heavy atom. The minimum absolute atomic E-state index is 0.534. The van der Waals surface area contributed by atoms with E-state index in [-0.39, 0.29) is 0 Å². The third-order valence-electron chi connectivity index (χ3n) is 6.18. The maximum atomic E-state index is 12.8. The molecule has 3 N–H and O–H groups in total. The van der Waals surface area contributed by atoms with Crippen molar-refractivity contribution in [1.82, 2.24) is 25.1 Å². The van der Waals surface area contributed by atoms with E-state index in [1.165, 1.54) is 12.4 Å². The highest BCUT2D eigenvalue weighted by Crippen LogP contribution is 2.34. The van der Waals surface area contributed by atoms with Gasteiger partial charge in [0.1, 0.15) is 6.54 Å². The van der Waals surface area contributed by atoms with E-state index in [1.54, 1.807) is 18.3 Å². The number of fused-ring (bicyclic) bond motifs is 1. The molecule has 1 aromatic carbocycles. The van der Waals surface area contributed by atoms with Crippen LogP contribution in [-0.2, 0) is 6.54 Å². The zero-order valence-electron chi connectivity index (χ0n) is 17.4. The Balaban J connectivity index is 1.51. The van der Waals surface area contributed by atoms with Crippen LogP contribution >= 0.6 is 0 Å². The first kappa shape index (κ1) is 20.7. The Kier molecular flexibility index (Phi) is 5.24. The molecule has 2 unspecified atom stereocenters. The molecule has 32 heavy (non-hydrogen) atoms. The number of nitrogens with one attached hydrogen (secondary N) is 1. The number of nitrogens with zero attached hydrogens (tertiary/aromatic N) is 5. The van der Waals surface area contributed by atoms with E-state index >= 15 is 0 Å². The number of nitrogen functional groups attached to an aromatic ring is 1. The number of anilines is 2. The smallest absolute Gasteiger partial charge is 0.399 e. The van der Waals surface area contributed by atoms with E-state index in [9.17, 15) is 13.2 Å². The van der Waals surface area contributed by atoms with Crippen LogP contribution < -0.4 is 16.0 Å². The predicted octanol–water partition coefficient (Wildman–Crippen LogP) is 3.34. The van der Waals surface area contributed by atoms with Crippen LogP contribution in [0, 0.1) is 5.92 Å². The molecule has 3 aromatic rings. The summed E-state index contributed by atoms with van der Waals surface area (Å²) in [4.78, 5) is 11.7. The molecular formula is C22H24F3N7. The molecule has 2 fully saturated rings. The number of benzene rings is 1. The average molecular weight is 443 g/mol. The summed E-state index contributed by atoms with van der Waals surface area (Å²) in [5.41, 5.74) is 9.10. The third kappa shape index (κ3) is 4.27. The van der Waals surface area contributed by atoms with Crippen molar-refractivity contribution in [2.24, 2.45) is 5.92 Å². The quantitative estimate of drug-likeness (QED) is 0.602. The van der Waals surface area contributed by atoms with E-state index in [2.05, 4.69) is 20.3 Å². The second-order valence-corrected chi connectivity index (χ2v) is 8.44. The predicted molar refractivity (Wildman–Crippen MR) is 116 cm³/mol. The molecule has 7 nitrogen and oxygen atoms in total. The molecule has 0 amide bonds. The fourth-order valence-electron chi connectivity index (χ4n) is 4.60. The summed E-state index contributed by atoms with van der Waals surface area (Å²) < 4.78 is 39.2. The average Bonchev–Trinajstić information content (AvgIpc) is 3.41. The second-order valence-electron chi connectivity index (χ2n) is 8.44. The van der Waals surface area contributed by atoms with Gasteiger partial charge in [0, 0.05) is 53.9 Å². The van der Waals surface area contributed by atoms with E-state index < -0.39 is 12.7 Å². The Hall–Kier alpha value is -3.14. The maximum absolute atomic E-state index is 12.8. The van der Waals surface area contributed by atoms with Gasteiger partial charge in [-0.2, -0.15) is 18.3 Å². The molecule has 2 aromatic heterocycles. The van der Waals surface area contributed by atoms with Gasteiger partial charge in [0.15, 0.2) is 0 Å². The molecule has 0 saturated carbocycles. The van der Waals surface area contributed by atoms with Crippen molar-refractivity contribution < 1.29 is 13.2 Å². The molecule has 0 aliphatic carbocycles. The Bertz CT molecular complexity index is 1090. The maximum Gasteiger partial charge on any atom is 0.408 e. The van der Waals surface area contributed by atoms with Crippen LogP contribution in [0.1, 0.15) is 12.8 Å². The van der Waals surface area contributed by atoms with E-state index in [4.69, 9.17) is 10.7 Å². The lowest BCUT2D eigenvalue weighted by Crippen LogP contribution is -2.45. The monoisotopic (exact) mass is 443 g/mol. The van der Waals surface area contributed by atoms with Crippen LogP contribution in [0.5, 0.6) is 0 Å². The van der Waals surface area contributed by atoms with Gasteiger partial charge in [-0.3, -0.25) is 4.68 Å². The van der Waals surface area contributed by atoms with Gasteiger partial charge in [-0.05, 0) is 37.4 Å². The van der Waals surface area contributed by atoms with Crippen molar-refractivity contribution in [3.63, 3.8) is 0 Å². The lowest BCUT2D eigenvalue weighted by molar-refractivity contribution is -0.142. The molecule has 2 aliphatic heterocycles. The number of halogens is 3. The van der Waals surface area contributed by atoms with Crippen molar-refractivity contribution >= 4 is 11.6 Å². The summed E-state index contributed by atoms with van der Waals surface area (Å²) in [5.74, 6) is 1.21. The van der Waals surface area contributed by atoms with Gasteiger partial charge in [-0.15, -0.1) is 0 Å². The highest BCUT2D eigenvalue weighted by Gasteiger charge is 2.34. The highest BCUT2D eigenvalue weighted by molar-refractivity contribution is 5.80. The van der Waals surface area contributed by atoms with Crippen molar-refractivity contribution in [3.05, 3.63) is 42.9 Å². The standard InChI is InChI=1S/C22H24F3N7/c23-22(24,25)13-32-12-16(9-29-32)18-10-28-21(30-20(18)14-1-3-17(26)4-2-14)31-8-6-19-15(11-31)5-7-27-19/h1-4,9-10,12,15,19,27H,5-8,11,13,26H2. The zero-order valence-corrected chi connectivity index (χ0v) is 17.4. The molecule has 4 heterocycles. The van der Waals surface area contributed by atoms with Gasteiger partial charge in [-0.1, -0.05) is 12.1 Å². The Morgan fingerprint density at radius 2 is 1.91 bits per heavy atom. The first-order valence-corrected chi connectivity index (χ1v) is 10.7. The van der Waals surface area contributed by atoms with Gasteiger partial charge in [0.2, 0.25) is 5.95 Å². The van der Waals surface area contributed by atoms with E-state index in [0.29, 0.717) is 40.4 Å². The van der Waals surface area contributed by atoms with Gasteiger partial charge >= 0.3 is 6.18 Å². The summed E-state index contributed by atoms with van der Waals surface area (Å²) in [6.07, 6.45) is 2.31. The van der Waals surface area contributed by atoms with Gasteiger partial charge in [-0.25, -0.2) is 9.97 Å². The minimum atomic E-state index is -4.34. The molecule has 2 aliphatic rings. The van der Waals surface area contributed by atoms with Crippen molar-refractivity contribution in [2.45, 2.75) is 31.6 Å². The third-order valence-corrected chi connectivity index (χ3v) is 6.18. The summed E-state index contributed by atoms with van der Waals surface area (Å²) in [5, 5.41) is 7.43. The molecule has 0 radical (unpaired) electrons.